The van der Waals surface area contributed by atoms with Crippen molar-refractivity contribution in [2.45, 2.75) is 92.2 Å². The first-order valence-electron chi connectivity index (χ1n) is 10.7. The van der Waals surface area contributed by atoms with Crippen molar-refractivity contribution >= 4 is 0 Å². The highest BCUT2D eigenvalue weighted by molar-refractivity contribution is 4.97. The standard InChI is InChI=1S/C18H35N3O12/c19-9-6(25)1-5(2-22)29-17(9)32-15-8(4-24)31-18(11(21)13(15)27)33-14-7(3-23)30-16(28)10(20)12(14)26/h5-18,22-28H,1-4,19-21H2/t5-,6-,7+,8+,9+,10?,11?,12?,13+,14?,15?,16?,17-,18-/m0/s1. The summed E-state index contributed by atoms with van der Waals surface area (Å²) in [7, 11) is 0. The summed E-state index contributed by atoms with van der Waals surface area (Å²) in [4.78, 5) is 0. The second-order valence-electron chi connectivity index (χ2n) is 8.50. The first-order chi connectivity index (χ1) is 15.6. The molecule has 14 atom stereocenters. The monoisotopic (exact) mass is 485 g/mol. The molecule has 0 spiro atoms. The van der Waals surface area contributed by atoms with Crippen LogP contribution in [0.5, 0.6) is 0 Å². The molecule has 6 unspecified atom stereocenters. The molecule has 3 saturated heterocycles. The Bertz CT molecular complexity index is 618. The van der Waals surface area contributed by atoms with E-state index in [0.29, 0.717) is 0 Å². The SMILES string of the molecule is NC1C(O)O[C@H](CO)C(O[C@@H]2O[C@H](CO)C(O[C@@H]3O[C@H](CO)C[C@H](O)[C@H]3N)[C@H](O)C2N)C1O. The molecule has 3 heterocycles. The quantitative estimate of drug-likeness (QED) is 0.160. The summed E-state index contributed by atoms with van der Waals surface area (Å²) in [6, 6.07) is -3.52. The molecular formula is C18H35N3O12. The average Bonchev–Trinajstić information content (AvgIpc) is 2.80. The van der Waals surface area contributed by atoms with Crippen LogP contribution in [-0.4, -0.2) is 141 Å². The van der Waals surface area contributed by atoms with Crippen LogP contribution in [0.3, 0.4) is 0 Å². The summed E-state index contributed by atoms with van der Waals surface area (Å²) in [5.41, 5.74) is 17.7. The van der Waals surface area contributed by atoms with Gasteiger partial charge >= 0.3 is 0 Å². The van der Waals surface area contributed by atoms with Crippen LogP contribution in [0.25, 0.3) is 0 Å². The maximum atomic E-state index is 10.8. The fourth-order valence-corrected chi connectivity index (χ4v) is 4.14. The number of nitrogens with two attached hydrogens (primary N) is 3. The molecule has 15 heteroatoms. The molecule has 0 aromatic carbocycles. The molecule has 3 fully saturated rings. The first-order valence-corrected chi connectivity index (χ1v) is 10.7. The minimum absolute atomic E-state index is 0.0920. The Morgan fingerprint density at radius 2 is 1.18 bits per heavy atom. The molecule has 3 aliphatic rings. The van der Waals surface area contributed by atoms with Gasteiger partial charge in [-0.15, -0.1) is 0 Å². The fraction of sp³-hybridized carbons (Fsp3) is 1.00. The fourth-order valence-electron chi connectivity index (χ4n) is 4.14. The van der Waals surface area contributed by atoms with Crippen molar-refractivity contribution in [2.75, 3.05) is 19.8 Å². The normalized spacial score (nSPS) is 51.5. The Hall–Kier alpha value is -0.600. The third-order valence-electron chi connectivity index (χ3n) is 6.20. The molecule has 13 N–H and O–H groups in total. The number of hydrogen-bond donors (Lipinski definition) is 10. The van der Waals surface area contributed by atoms with Gasteiger partial charge in [0, 0.05) is 6.42 Å². The van der Waals surface area contributed by atoms with E-state index in [0.717, 1.165) is 0 Å². The van der Waals surface area contributed by atoms with Crippen molar-refractivity contribution in [1.29, 1.82) is 0 Å². The molecule has 3 rings (SSSR count). The predicted octanol–water partition coefficient (Wildman–Crippen LogP) is -6.64. The lowest BCUT2D eigenvalue weighted by Gasteiger charge is -2.48. The van der Waals surface area contributed by atoms with Crippen molar-refractivity contribution in [3.05, 3.63) is 0 Å². The van der Waals surface area contributed by atoms with Crippen molar-refractivity contribution in [1.82, 2.24) is 0 Å². The zero-order chi connectivity index (χ0) is 24.4. The van der Waals surface area contributed by atoms with Crippen LogP contribution in [0.15, 0.2) is 0 Å². The van der Waals surface area contributed by atoms with Crippen molar-refractivity contribution in [3.63, 3.8) is 0 Å². The van der Waals surface area contributed by atoms with Gasteiger partial charge in [0.25, 0.3) is 0 Å². The first kappa shape index (κ1) is 27.0. The molecule has 0 aromatic heterocycles. The third-order valence-corrected chi connectivity index (χ3v) is 6.20. The van der Waals surface area contributed by atoms with Crippen LogP contribution in [0.1, 0.15) is 6.42 Å². The number of ether oxygens (including phenoxy) is 5. The van der Waals surface area contributed by atoms with E-state index in [1.807, 2.05) is 0 Å². The lowest BCUT2D eigenvalue weighted by molar-refractivity contribution is -0.343. The molecule has 33 heavy (non-hydrogen) atoms. The van der Waals surface area contributed by atoms with E-state index < -0.39 is 99.0 Å². The van der Waals surface area contributed by atoms with Crippen LogP contribution >= 0.6 is 0 Å². The van der Waals surface area contributed by atoms with E-state index in [2.05, 4.69) is 0 Å². The van der Waals surface area contributed by atoms with E-state index in [1.54, 1.807) is 0 Å². The highest BCUT2D eigenvalue weighted by Gasteiger charge is 2.51. The van der Waals surface area contributed by atoms with Gasteiger partial charge in [-0.25, -0.2) is 0 Å². The van der Waals surface area contributed by atoms with Gasteiger partial charge in [0.05, 0.1) is 50.2 Å². The summed E-state index contributed by atoms with van der Waals surface area (Å²) in [5, 5.41) is 69.7. The lowest BCUT2D eigenvalue weighted by atomic mass is 9.95. The van der Waals surface area contributed by atoms with Gasteiger partial charge in [-0.1, -0.05) is 0 Å². The Kier molecular flexibility index (Phi) is 9.35. The topological polar surface area (TPSA) is 266 Å². The maximum Gasteiger partial charge on any atom is 0.176 e. The van der Waals surface area contributed by atoms with Gasteiger partial charge in [0.1, 0.15) is 36.6 Å². The zero-order valence-corrected chi connectivity index (χ0v) is 17.8. The smallest absolute Gasteiger partial charge is 0.176 e. The summed E-state index contributed by atoms with van der Waals surface area (Å²) in [6.07, 6.45) is -13.7. The molecule has 0 aliphatic carbocycles. The molecule has 0 aromatic rings. The zero-order valence-electron chi connectivity index (χ0n) is 17.8. The third kappa shape index (κ3) is 5.64. The molecule has 15 nitrogen and oxygen atoms in total. The largest absolute Gasteiger partial charge is 0.394 e. The molecule has 0 radical (unpaired) electrons. The number of aliphatic hydroxyl groups is 7. The van der Waals surface area contributed by atoms with E-state index in [1.165, 1.54) is 0 Å². The van der Waals surface area contributed by atoms with Gasteiger partial charge < -0.3 is 76.6 Å². The minimum atomic E-state index is -1.54. The minimum Gasteiger partial charge on any atom is -0.394 e. The second kappa shape index (κ2) is 11.4. The molecule has 0 bridgehead atoms. The number of hydrogen-bond acceptors (Lipinski definition) is 15. The van der Waals surface area contributed by atoms with Gasteiger partial charge in [0.2, 0.25) is 0 Å². The Morgan fingerprint density at radius 1 is 0.667 bits per heavy atom. The predicted molar refractivity (Wildman–Crippen MR) is 106 cm³/mol. The highest BCUT2D eigenvalue weighted by atomic mass is 16.7. The Balaban J connectivity index is 1.71. The number of aliphatic hydroxyl groups excluding tert-OH is 7. The Labute approximate surface area is 189 Å². The average molecular weight is 485 g/mol. The molecule has 3 aliphatic heterocycles. The van der Waals surface area contributed by atoms with Crippen LogP contribution in [0.2, 0.25) is 0 Å². The van der Waals surface area contributed by atoms with Crippen LogP contribution in [0, 0.1) is 0 Å². The van der Waals surface area contributed by atoms with Gasteiger partial charge in [0.15, 0.2) is 18.9 Å². The lowest BCUT2D eigenvalue weighted by Crippen LogP contribution is -2.68. The van der Waals surface area contributed by atoms with Gasteiger partial charge in [-0.3, -0.25) is 0 Å². The van der Waals surface area contributed by atoms with E-state index >= 15 is 0 Å². The Morgan fingerprint density at radius 3 is 1.73 bits per heavy atom. The van der Waals surface area contributed by atoms with E-state index in [4.69, 9.17) is 40.9 Å². The molecule has 0 amide bonds. The molecule has 0 saturated carbocycles. The molecular weight excluding hydrogens is 450 g/mol. The van der Waals surface area contributed by atoms with Crippen LogP contribution in [-0.2, 0) is 23.7 Å². The van der Waals surface area contributed by atoms with Crippen molar-refractivity contribution in [3.8, 4) is 0 Å². The highest BCUT2D eigenvalue weighted by Crippen LogP contribution is 2.30. The van der Waals surface area contributed by atoms with Gasteiger partial charge in [-0.2, -0.15) is 0 Å². The van der Waals surface area contributed by atoms with Crippen molar-refractivity contribution < 1.29 is 59.4 Å². The maximum absolute atomic E-state index is 10.8. The van der Waals surface area contributed by atoms with E-state index in [-0.39, 0.29) is 13.0 Å². The summed E-state index contributed by atoms with van der Waals surface area (Å²) >= 11 is 0. The van der Waals surface area contributed by atoms with Crippen LogP contribution < -0.4 is 17.2 Å². The summed E-state index contributed by atoms with van der Waals surface area (Å²) < 4.78 is 27.7. The molecule has 194 valence electrons. The summed E-state index contributed by atoms with van der Waals surface area (Å²) in [6.45, 7) is -1.66. The van der Waals surface area contributed by atoms with Crippen molar-refractivity contribution in [2.24, 2.45) is 17.2 Å². The van der Waals surface area contributed by atoms with E-state index in [9.17, 15) is 35.7 Å². The van der Waals surface area contributed by atoms with Gasteiger partial charge in [-0.05, 0) is 0 Å². The van der Waals surface area contributed by atoms with Crippen LogP contribution in [0.4, 0.5) is 0 Å². The second-order valence-corrected chi connectivity index (χ2v) is 8.50. The summed E-state index contributed by atoms with van der Waals surface area (Å²) in [5.74, 6) is 0. The number of rotatable bonds is 7.